The Bertz CT molecular complexity index is 551. The molecule has 0 bridgehead atoms. The fourth-order valence-electron chi connectivity index (χ4n) is 1.29. The van der Waals surface area contributed by atoms with Crippen LogP contribution < -0.4 is 9.47 Å². The first-order valence-electron chi connectivity index (χ1n) is 5.14. The molecule has 0 aliphatic carbocycles. The molecule has 0 aromatic carbocycles. The standard InChI is InChI=1S/C12H10BrClN2O2/c1-17-10-6-5-8(12(14)16-10)7-18-11-4-2-3-9(13)15-11/h2-6H,7H2,1H3. The second-order valence-corrected chi connectivity index (χ2v) is 4.56. The van der Waals surface area contributed by atoms with Crippen molar-refractivity contribution in [2.45, 2.75) is 6.61 Å². The number of hydrogen-bond acceptors (Lipinski definition) is 4. The molecule has 94 valence electrons. The van der Waals surface area contributed by atoms with Crippen molar-refractivity contribution in [1.29, 1.82) is 0 Å². The van der Waals surface area contributed by atoms with Gasteiger partial charge in [-0.25, -0.2) is 9.97 Å². The van der Waals surface area contributed by atoms with Crippen molar-refractivity contribution in [1.82, 2.24) is 9.97 Å². The molecule has 2 heterocycles. The Balaban J connectivity index is 2.06. The van der Waals surface area contributed by atoms with Gasteiger partial charge in [-0.15, -0.1) is 0 Å². The smallest absolute Gasteiger partial charge is 0.214 e. The van der Waals surface area contributed by atoms with E-state index in [4.69, 9.17) is 21.1 Å². The molecule has 18 heavy (non-hydrogen) atoms. The van der Waals surface area contributed by atoms with E-state index in [1.165, 1.54) is 0 Å². The molecule has 0 unspecified atom stereocenters. The molecule has 2 rings (SSSR count). The summed E-state index contributed by atoms with van der Waals surface area (Å²) in [6, 6.07) is 9.00. The van der Waals surface area contributed by atoms with Crippen molar-refractivity contribution in [3.05, 3.63) is 45.7 Å². The van der Waals surface area contributed by atoms with Gasteiger partial charge in [0.15, 0.2) is 0 Å². The second kappa shape index (κ2) is 6.02. The lowest BCUT2D eigenvalue weighted by atomic mass is 10.3. The fraction of sp³-hybridized carbons (Fsp3) is 0.167. The van der Waals surface area contributed by atoms with Gasteiger partial charge in [0.05, 0.1) is 7.11 Å². The largest absolute Gasteiger partial charge is 0.481 e. The fourth-order valence-corrected chi connectivity index (χ4v) is 1.82. The molecule has 0 spiro atoms. The van der Waals surface area contributed by atoms with Gasteiger partial charge in [-0.1, -0.05) is 17.7 Å². The quantitative estimate of drug-likeness (QED) is 0.806. The van der Waals surface area contributed by atoms with Crippen molar-refractivity contribution in [3.8, 4) is 11.8 Å². The van der Waals surface area contributed by atoms with Gasteiger partial charge in [0.1, 0.15) is 16.4 Å². The molecular weight excluding hydrogens is 320 g/mol. The minimum absolute atomic E-state index is 0.305. The third-order valence-electron chi connectivity index (χ3n) is 2.17. The van der Waals surface area contributed by atoms with E-state index in [-0.39, 0.29) is 0 Å². The van der Waals surface area contributed by atoms with Crippen LogP contribution >= 0.6 is 27.5 Å². The Hall–Kier alpha value is -1.33. The molecule has 0 saturated heterocycles. The summed E-state index contributed by atoms with van der Waals surface area (Å²) >= 11 is 9.28. The minimum atomic E-state index is 0.305. The van der Waals surface area contributed by atoms with Crippen LogP contribution in [0, 0.1) is 0 Å². The van der Waals surface area contributed by atoms with E-state index < -0.39 is 0 Å². The van der Waals surface area contributed by atoms with Gasteiger partial charge in [0.2, 0.25) is 11.8 Å². The van der Waals surface area contributed by atoms with Crippen LogP contribution in [0.4, 0.5) is 0 Å². The molecule has 0 atom stereocenters. The topological polar surface area (TPSA) is 44.2 Å². The summed E-state index contributed by atoms with van der Waals surface area (Å²) in [5, 5.41) is 0.365. The van der Waals surface area contributed by atoms with Crippen molar-refractivity contribution in [2.24, 2.45) is 0 Å². The van der Waals surface area contributed by atoms with E-state index in [1.807, 2.05) is 18.2 Å². The SMILES string of the molecule is COc1ccc(COc2cccc(Br)n2)c(Cl)n1. The Labute approximate surface area is 118 Å². The number of pyridine rings is 2. The van der Waals surface area contributed by atoms with E-state index in [1.54, 1.807) is 19.2 Å². The number of methoxy groups -OCH3 is 1. The number of aromatic nitrogens is 2. The highest BCUT2D eigenvalue weighted by molar-refractivity contribution is 9.10. The highest BCUT2D eigenvalue weighted by atomic mass is 79.9. The van der Waals surface area contributed by atoms with Crippen molar-refractivity contribution in [2.75, 3.05) is 7.11 Å². The van der Waals surface area contributed by atoms with Gasteiger partial charge >= 0.3 is 0 Å². The average Bonchev–Trinajstić information content (AvgIpc) is 2.37. The van der Waals surface area contributed by atoms with Gasteiger partial charge in [-0.3, -0.25) is 0 Å². The lowest BCUT2D eigenvalue weighted by molar-refractivity contribution is 0.292. The Morgan fingerprint density at radius 1 is 1.17 bits per heavy atom. The van der Waals surface area contributed by atoms with E-state index in [0.717, 1.165) is 10.2 Å². The van der Waals surface area contributed by atoms with Crippen LogP contribution in [0.3, 0.4) is 0 Å². The van der Waals surface area contributed by atoms with Crippen LogP contribution in [0.1, 0.15) is 5.56 Å². The minimum Gasteiger partial charge on any atom is -0.481 e. The molecular formula is C12H10BrClN2O2. The molecule has 0 saturated carbocycles. The highest BCUT2D eigenvalue weighted by Crippen LogP contribution is 2.20. The van der Waals surface area contributed by atoms with Crippen molar-refractivity contribution < 1.29 is 9.47 Å². The number of hydrogen-bond donors (Lipinski definition) is 0. The summed E-state index contributed by atoms with van der Waals surface area (Å²) in [4.78, 5) is 8.21. The monoisotopic (exact) mass is 328 g/mol. The van der Waals surface area contributed by atoms with E-state index >= 15 is 0 Å². The van der Waals surface area contributed by atoms with Crippen LogP contribution in [0.5, 0.6) is 11.8 Å². The van der Waals surface area contributed by atoms with Gasteiger partial charge < -0.3 is 9.47 Å². The molecule has 0 fully saturated rings. The van der Waals surface area contributed by atoms with Gasteiger partial charge in [-0.2, -0.15) is 0 Å². The summed E-state index contributed by atoms with van der Waals surface area (Å²) in [7, 11) is 1.54. The molecule has 0 aliphatic heterocycles. The molecule has 0 amide bonds. The maximum atomic E-state index is 6.00. The molecule has 0 radical (unpaired) electrons. The lowest BCUT2D eigenvalue weighted by Crippen LogP contribution is -2.00. The number of rotatable bonds is 4. The molecule has 0 aliphatic rings. The van der Waals surface area contributed by atoms with E-state index in [9.17, 15) is 0 Å². The molecule has 2 aromatic heterocycles. The molecule has 4 nitrogen and oxygen atoms in total. The van der Waals surface area contributed by atoms with Crippen LogP contribution in [0.25, 0.3) is 0 Å². The first kappa shape index (κ1) is 13.1. The normalized spacial score (nSPS) is 10.2. The lowest BCUT2D eigenvalue weighted by Gasteiger charge is -2.07. The first-order chi connectivity index (χ1) is 8.69. The van der Waals surface area contributed by atoms with Crippen molar-refractivity contribution >= 4 is 27.5 Å². The van der Waals surface area contributed by atoms with Gasteiger partial charge in [-0.05, 0) is 28.1 Å². The summed E-state index contributed by atoms with van der Waals surface area (Å²) in [5.74, 6) is 1.00. The van der Waals surface area contributed by atoms with Gasteiger partial charge in [0, 0.05) is 17.7 Å². The molecule has 0 N–H and O–H groups in total. The molecule has 6 heteroatoms. The Kier molecular flexibility index (Phi) is 4.38. The molecule has 2 aromatic rings. The zero-order valence-electron chi connectivity index (χ0n) is 9.56. The predicted octanol–water partition coefficient (Wildman–Crippen LogP) is 3.48. The third-order valence-corrected chi connectivity index (χ3v) is 2.94. The average molecular weight is 330 g/mol. The van der Waals surface area contributed by atoms with E-state index in [0.29, 0.717) is 23.5 Å². The number of nitrogens with zero attached hydrogens (tertiary/aromatic N) is 2. The zero-order chi connectivity index (χ0) is 13.0. The Morgan fingerprint density at radius 3 is 2.67 bits per heavy atom. The summed E-state index contributed by atoms with van der Waals surface area (Å²) in [6.07, 6.45) is 0. The second-order valence-electron chi connectivity index (χ2n) is 3.39. The summed E-state index contributed by atoms with van der Waals surface area (Å²) < 4.78 is 11.2. The number of ether oxygens (including phenoxy) is 2. The van der Waals surface area contributed by atoms with Crippen molar-refractivity contribution in [3.63, 3.8) is 0 Å². The van der Waals surface area contributed by atoms with Crippen LogP contribution in [0.15, 0.2) is 34.9 Å². The third kappa shape index (κ3) is 3.34. The van der Waals surface area contributed by atoms with Crippen LogP contribution in [-0.4, -0.2) is 17.1 Å². The van der Waals surface area contributed by atoms with E-state index in [2.05, 4.69) is 25.9 Å². The van der Waals surface area contributed by atoms with Crippen LogP contribution in [-0.2, 0) is 6.61 Å². The highest BCUT2D eigenvalue weighted by Gasteiger charge is 2.05. The number of halogens is 2. The summed E-state index contributed by atoms with van der Waals surface area (Å²) in [6.45, 7) is 0.305. The maximum absolute atomic E-state index is 6.00. The predicted molar refractivity (Wildman–Crippen MR) is 72.1 cm³/mol. The summed E-state index contributed by atoms with van der Waals surface area (Å²) in [5.41, 5.74) is 0.777. The zero-order valence-corrected chi connectivity index (χ0v) is 11.9. The first-order valence-corrected chi connectivity index (χ1v) is 6.31. The Morgan fingerprint density at radius 2 is 2.00 bits per heavy atom. The van der Waals surface area contributed by atoms with Gasteiger partial charge in [0.25, 0.3) is 0 Å². The van der Waals surface area contributed by atoms with Crippen LogP contribution in [0.2, 0.25) is 5.15 Å². The maximum Gasteiger partial charge on any atom is 0.214 e.